The Morgan fingerprint density at radius 3 is 2.11 bits per heavy atom. The van der Waals surface area contributed by atoms with Crippen molar-refractivity contribution < 1.29 is 0 Å². The Morgan fingerprint density at radius 2 is 1.63 bits per heavy atom. The molecule has 0 radical (unpaired) electrons. The van der Waals surface area contributed by atoms with Crippen LogP contribution in [0.2, 0.25) is 0 Å². The third-order valence-corrected chi connectivity index (χ3v) is 4.35. The molecule has 1 aliphatic rings. The van der Waals surface area contributed by atoms with Crippen molar-refractivity contribution in [1.82, 2.24) is 9.80 Å². The van der Waals surface area contributed by atoms with Crippen LogP contribution in [0, 0.1) is 5.92 Å². The van der Waals surface area contributed by atoms with Gasteiger partial charge in [-0.1, -0.05) is 27.7 Å². The summed E-state index contributed by atoms with van der Waals surface area (Å²) in [5, 5.41) is 0. The van der Waals surface area contributed by atoms with E-state index in [9.17, 15) is 0 Å². The van der Waals surface area contributed by atoms with Gasteiger partial charge in [-0.05, 0) is 77.2 Å². The van der Waals surface area contributed by atoms with Crippen LogP contribution in [-0.2, 0) is 0 Å². The molecule has 0 aromatic carbocycles. The summed E-state index contributed by atoms with van der Waals surface area (Å²) in [4.78, 5) is 5.43. The van der Waals surface area contributed by atoms with Gasteiger partial charge in [-0.3, -0.25) is 0 Å². The molecule has 1 saturated heterocycles. The molecule has 0 bridgehead atoms. The van der Waals surface area contributed by atoms with Crippen molar-refractivity contribution in [2.24, 2.45) is 5.92 Å². The Bertz CT molecular complexity index is 201. The van der Waals surface area contributed by atoms with E-state index >= 15 is 0 Å². The lowest BCUT2D eigenvalue weighted by atomic mass is 10.0. The Balaban J connectivity index is 2.22. The molecule has 0 N–H and O–H groups in total. The second-order valence-electron chi connectivity index (χ2n) is 6.64. The third kappa shape index (κ3) is 6.76. The van der Waals surface area contributed by atoms with E-state index in [1.54, 1.807) is 0 Å². The quantitative estimate of drug-likeness (QED) is 0.623. The minimum absolute atomic E-state index is 0.862. The highest BCUT2D eigenvalue weighted by molar-refractivity contribution is 4.79. The van der Waals surface area contributed by atoms with E-state index < -0.39 is 0 Å². The number of rotatable bonds is 9. The lowest BCUT2D eigenvalue weighted by molar-refractivity contribution is 0.106. The monoisotopic (exact) mass is 268 g/mol. The standard InChI is InChI=1S/C17H36N2/c1-5-11-19(12-6-2)17-9-14-18(15-10-17)13-7-8-16(3)4/h16-17H,5-15H2,1-4H3. The minimum Gasteiger partial charge on any atom is -0.303 e. The fraction of sp³-hybridized carbons (Fsp3) is 1.00. The van der Waals surface area contributed by atoms with E-state index in [1.807, 2.05) is 0 Å². The molecule has 1 fully saturated rings. The normalized spacial score (nSPS) is 18.6. The van der Waals surface area contributed by atoms with Crippen LogP contribution < -0.4 is 0 Å². The summed E-state index contributed by atoms with van der Waals surface area (Å²) in [7, 11) is 0. The molecule has 0 aromatic rings. The highest BCUT2D eigenvalue weighted by atomic mass is 15.2. The summed E-state index contributed by atoms with van der Waals surface area (Å²) >= 11 is 0. The molecule has 0 atom stereocenters. The predicted molar refractivity (Wildman–Crippen MR) is 85.7 cm³/mol. The number of hydrogen-bond acceptors (Lipinski definition) is 2. The summed E-state index contributed by atoms with van der Waals surface area (Å²) in [6.07, 6.45) is 8.15. The number of likely N-dealkylation sites (tertiary alicyclic amines) is 1. The van der Waals surface area contributed by atoms with Crippen molar-refractivity contribution in [2.45, 2.75) is 72.3 Å². The highest BCUT2D eigenvalue weighted by Gasteiger charge is 2.23. The molecule has 0 unspecified atom stereocenters. The van der Waals surface area contributed by atoms with Crippen LogP contribution in [0.5, 0.6) is 0 Å². The fourth-order valence-electron chi connectivity index (χ4n) is 3.28. The predicted octanol–water partition coefficient (Wildman–Crippen LogP) is 4.01. The summed E-state index contributed by atoms with van der Waals surface area (Å²) in [6, 6.07) is 0.862. The van der Waals surface area contributed by atoms with Crippen molar-refractivity contribution in [3.05, 3.63) is 0 Å². The van der Waals surface area contributed by atoms with Crippen LogP contribution >= 0.6 is 0 Å². The zero-order valence-electron chi connectivity index (χ0n) is 13.8. The summed E-state index contributed by atoms with van der Waals surface area (Å²) in [6.45, 7) is 15.9. The molecule has 0 spiro atoms. The van der Waals surface area contributed by atoms with Gasteiger partial charge < -0.3 is 9.80 Å². The van der Waals surface area contributed by atoms with Gasteiger partial charge in [0.15, 0.2) is 0 Å². The largest absolute Gasteiger partial charge is 0.303 e. The first-order valence-electron chi connectivity index (χ1n) is 8.63. The SMILES string of the molecule is CCCN(CCC)C1CCN(CCCC(C)C)CC1. The van der Waals surface area contributed by atoms with Gasteiger partial charge in [0.05, 0.1) is 0 Å². The first-order valence-corrected chi connectivity index (χ1v) is 8.63. The van der Waals surface area contributed by atoms with Crippen LogP contribution in [0.25, 0.3) is 0 Å². The molecule has 0 amide bonds. The molecule has 0 saturated carbocycles. The highest BCUT2D eigenvalue weighted by Crippen LogP contribution is 2.18. The molecular weight excluding hydrogens is 232 g/mol. The molecule has 1 heterocycles. The van der Waals surface area contributed by atoms with Gasteiger partial charge in [0, 0.05) is 6.04 Å². The van der Waals surface area contributed by atoms with Crippen LogP contribution in [0.1, 0.15) is 66.2 Å². The van der Waals surface area contributed by atoms with E-state index in [2.05, 4.69) is 37.5 Å². The van der Waals surface area contributed by atoms with E-state index in [0.29, 0.717) is 0 Å². The van der Waals surface area contributed by atoms with Gasteiger partial charge in [0.2, 0.25) is 0 Å². The Kier molecular flexibility index (Phi) is 8.72. The van der Waals surface area contributed by atoms with Crippen molar-refractivity contribution in [1.29, 1.82) is 0 Å². The van der Waals surface area contributed by atoms with Crippen molar-refractivity contribution in [3.8, 4) is 0 Å². The van der Waals surface area contributed by atoms with E-state index in [0.717, 1.165) is 12.0 Å². The summed E-state index contributed by atoms with van der Waals surface area (Å²) in [5.41, 5.74) is 0. The fourth-order valence-corrected chi connectivity index (χ4v) is 3.28. The average Bonchev–Trinajstić information content (AvgIpc) is 2.39. The number of nitrogens with zero attached hydrogens (tertiary/aromatic N) is 2. The van der Waals surface area contributed by atoms with E-state index in [4.69, 9.17) is 0 Å². The van der Waals surface area contributed by atoms with Gasteiger partial charge in [0.25, 0.3) is 0 Å². The van der Waals surface area contributed by atoms with Crippen molar-refractivity contribution in [2.75, 3.05) is 32.7 Å². The first kappa shape index (κ1) is 17.0. The second kappa shape index (κ2) is 9.77. The van der Waals surface area contributed by atoms with Crippen LogP contribution in [0.4, 0.5) is 0 Å². The summed E-state index contributed by atoms with van der Waals surface area (Å²) < 4.78 is 0. The Labute approximate surface area is 121 Å². The zero-order chi connectivity index (χ0) is 14.1. The van der Waals surface area contributed by atoms with Gasteiger partial charge in [-0.15, -0.1) is 0 Å². The molecule has 1 aliphatic heterocycles. The number of piperidine rings is 1. The van der Waals surface area contributed by atoms with Crippen LogP contribution in [0.3, 0.4) is 0 Å². The summed E-state index contributed by atoms with van der Waals surface area (Å²) in [5.74, 6) is 0.863. The maximum Gasteiger partial charge on any atom is 0.0120 e. The molecule has 1 rings (SSSR count). The lowest BCUT2D eigenvalue weighted by Crippen LogP contribution is -2.45. The Hall–Kier alpha value is -0.0800. The van der Waals surface area contributed by atoms with Gasteiger partial charge in [-0.2, -0.15) is 0 Å². The van der Waals surface area contributed by atoms with Crippen molar-refractivity contribution >= 4 is 0 Å². The van der Waals surface area contributed by atoms with Gasteiger partial charge in [0.1, 0.15) is 0 Å². The lowest BCUT2D eigenvalue weighted by Gasteiger charge is -2.38. The first-order chi connectivity index (χ1) is 9.17. The van der Waals surface area contributed by atoms with Crippen LogP contribution in [-0.4, -0.2) is 48.6 Å². The molecule has 0 aromatic heterocycles. The van der Waals surface area contributed by atoms with E-state index in [1.165, 1.54) is 71.2 Å². The molecular formula is C17H36N2. The maximum absolute atomic E-state index is 2.74. The van der Waals surface area contributed by atoms with Crippen LogP contribution in [0.15, 0.2) is 0 Å². The molecule has 2 nitrogen and oxygen atoms in total. The molecule has 2 heteroatoms. The zero-order valence-corrected chi connectivity index (χ0v) is 13.8. The van der Waals surface area contributed by atoms with E-state index in [-0.39, 0.29) is 0 Å². The topological polar surface area (TPSA) is 6.48 Å². The third-order valence-electron chi connectivity index (χ3n) is 4.35. The Morgan fingerprint density at radius 1 is 1.05 bits per heavy atom. The minimum atomic E-state index is 0.862. The van der Waals surface area contributed by atoms with Gasteiger partial charge >= 0.3 is 0 Å². The second-order valence-corrected chi connectivity index (χ2v) is 6.64. The molecule has 19 heavy (non-hydrogen) atoms. The number of hydrogen-bond donors (Lipinski definition) is 0. The molecule has 0 aliphatic carbocycles. The maximum atomic E-state index is 2.74. The van der Waals surface area contributed by atoms with Gasteiger partial charge in [-0.25, -0.2) is 0 Å². The van der Waals surface area contributed by atoms with Crippen molar-refractivity contribution in [3.63, 3.8) is 0 Å². The smallest absolute Gasteiger partial charge is 0.0120 e. The molecule has 114 valence electrons. The average molecular weight is 268 g/mol.